The summed E-state index contributed by atoms with van der Waals surface area (Å²) in [6.45, 7) is 15.1. The molecule has 0 N–H and O–H groups in total. The monoisotopic (exact) mass is 340 g/mol. The van der Waals surface area contributed by atoms with Crippen molar-refractivity contribution in [2.45, 2.75) is 41.5 Å². The first-order valence-corrected chi connectivity index (χ1v) is 3.81. The standard InChI is InChI=1S/C6H11O.C4H9.W/c1-5(7)6(2,3)4;1-4(2)3;/h1H2,2-4H3;1-3H3;/q2*-1;+2. The molecule has 0 spiro atoms. The zero-order chi connectivity index (χ0) is 9.65. The van der Waals surface area contributed by atoms with Crippen LogP contribution < -0.4 is 0 Å². The molecular formula is C10H20OW. The number of carbonyl (C=O) groups is 1. The smallest absolute Gasteiger partial charge is 0.339 e. The van der Waals surface area contributed by atoms with E-state index in [1.807, 2.05) is 20.8 Å². The summed E-state index contributed by atoms with van der Waals surface area (Å²) in [4.78, 5) is 10.4. The second-order valence-electron chi connectivity index (χ2n) is 4.17. The maximum absolute atomic E-state index is 10.4. The van der Waals surface area contributed by atoms with Crippen LogP contribution in [0.1, 0.15) is 41.5 Å². The van der Waals surface area contributed by atoms with Crippen LogP contribution in [0.4, 0.5) is 0 Å². The molecule has 1 nitrogen and oxygen atoms in total. The van der Waals surface area contributed by atoms with Gasteiger partial charge < -0.3 is 17.6 Å². The Bertz CT molecular complexity index is 109. The summed E-state index contributed by atoms with van der Waals surface area (Å²) in [5.41, 5.74) is -0.250. The van der Waals surface area contributed by atoms with E-state index in [0.717, 1.165) is 0 Å². The molecule has 0 aliphatic carbocycles. The van der Waals surface area contributed by atoms with Gasteiger partial charge in [0.15, 0.2) is 0 Å². The van der Waals surface area contributed by atoms with Gasteiger partial charge in [0.2, 0.25) is 0 Å². The molecule has 2 heteroatoms. The third-order valence-corrected chi connectivity index (χ3v) is 0.837. The van der Waals surface area contributed by atoms with Crippen molar-refractivity contribution in [2.24, 2.45) is 5.41 Å². The fraction of sp³-hybridized carbons (Fsp3) is 0.700. The van der Waals surface area contributed by atoms with Gasteiger partial charge in [0.1, 0.15) is 0 Å². The number of hydrogen-bond donors (Lipinski definition) is 0. The van der Waals surface area contributed by atoms with Crippen LogP contribution in [0, 0.1) is 18.3 Å². The Morgan fingerprint density at radius 2 is 1.25 bits per heavy atom. The van der Waals surface area contributed by atoms with Gasteiger partial charge in [-0.05, 0) is 5.41 Å². The Labute approximate surface area is 91.6 Å². The summed E-state index contributed by atoms with van der Waals surface area (Å²) in [6.07, 6.45) is 0. The van der Waals surface area contributed by atoms with Crippen LogP contribution >= 0.6 is 0 Å². The van der Waals surface area contributed by atoms with Crippen LogP contribution in [0.2, 0.25) is 0 Å². The number of Topliss-reactive ketones (excluding diaryl/α,β-unsaturated/α-hetero) is 1. The van der Waals surface area contributed by atoms with Crippen LogP contribution in [0.25, 0.3) is 0 Å². The van der Waals surface area contributed by atoms with Gasteiger partial charge >= 0.3 is 21.1 Å². The van der Waals surface area contributed by atoms with E-state index in [2.05, 4.69) is 27.7 Å². The molecule has 0 aromatic rings. The van der Waals surface area contributed by atoms with Crippen molar-refractivity contribution in [2.75, 3.05) is 0 Å². The molecule has 0 rings (SSSR count). The first-order valence-electron chi connectivity index (χ1n) is 3.81. The van der Waals surface area contributed by atoms with Gasteiger partial charge in [-0.3, -0.25) is 0 Å². The van der Waals surface area contributed by atoms with Gasteiger partial charge in [-0.25, -0.2) is 0 Å². The number of carbonyl (C=O) groups excluding carboxylic acids is 1. The van der Waals surface area contributed by atoms with Gasteiger partial charge in [-0.2, -0.15) is 20.8 Å². The first-order chi connectivity index (χ1) is 4.68. The predicted octanol–water partition coefficient (Wildman–Crippen LogP) is 3.05. The molecule has 0 saturated heterocycles. The Balaban J connectivity index is -0.000000142. The zero-order valence-corrected chi connectivity index (χ0v) is 12.0. The normalized spacial score (nSPS) is 9.58. The third-order valence-electron chi connectivity index (χ3n) is 0.837. The molecule has 0 aromatic heterocycles. The molecule has 72 valence electrons. The second-order valence-corrected chi connectivity index (χ2v) is 4.17. The molecule has 0 aliphatic rings. The fourth-order valence-electron chi connectivity index (χ4n) is 0. The van der Waals surface area contributed by atoms with Crippen LogP contribution in [0.15, 0.2) is 0 Å². The minimum atomic E-state index is -0.250. The van der Waals surface area contributed by atoms with Gasteiger partial charge in [0, 0.05) is 5.78 Å². The van der Waals surface area contributed by atoms with E-state index in [0.29, 0.717) is 0 Å². The summed E-state index contributed by atoms with van der Waals surface area (Å²) < 4.78 is 0. The van der Waals surface area contributed by atoms with Crippen LogP contribution in [0.3, 0.4) is 0 Å². The summed E-state index contributed by atoms with van der Waals surface area (Å²) >= 11 is 0. The molecule has 0 fully saturated rings. The molecule has 0 unspecified atom stereocenters. The van der Waals surface area contributed by atoms with Crippen molar-refractivity contribution in [3.63, 3.8) is 0 Å². The Kier molecular flexibility index (Phi) is 11.9. The maximum Gasteiger partial charge on any atom is 2.00 e. The van der Waals surface area contributed by atoms with Gasteiger partial charge in [-0.15, -0.1) is 0 Å². The molecule has 0 bridgehead atoms. The largest absolute Gasteiger partial charge is 2.00 e. The van der Waals surface area contributed by atoms with Crippen molar-refractivity contribution in [3.05, 3.63) is 12.8 Å². The minimum absolute atomic E-state index is 0. The molecule has 12 heavy (non-hydrogen) atoms. The SMILES string of the molecule is C[C-](C)C.[CH2-]C(=O)C(C)(C)C.[W+2]. The van der Waals surface area contributed by atoms with Crippen molar-refractivity contribution in [3.8, 4) is 0 Å². The third kappa shape index (κ3) is 22.5. The van der Waals surface area contributed by atoms with Crippen LogP contribution in [-0.2, 0) is 25.9 Å². The number of ketones is 1. The summed E-state index contributed by atoms with van der Waals surface area (Å²) in [6, 6.07) is 0. The summed E-state index contributed by atoms with van der Waals surface area (Å²) in [7, 11) is 0. The second kappa shape index (κ2) is 7.86. The van der Waals surface area contributed by atoms with Crippen molar-refractivity contribution in [1.82, 2.24) is 0 Å². The average molecular weight is 340 g/mol. The average Bonchev–Trinajstić information content (AvgIpc) is 1.59. The van der Waals surface area contributed by atoms with Gasteiger partial charge in [-0.1, -0.05) is 20.8 Å². The number of hydrogen-bond acceptors (Lipinski definition) is 1. The summed E-state index contributed by atoms with van der Waals surface area (Å²) in [5.74, 6) is 1.41. The molecule has 0 heterocycles. The number of rotatable bonds is 0. The molecule has 0 aliphatic heterocycles. The Morgan fingerprint density at radius 3 is 1.25 bits per heavy atom. The molecule has 0 aromatic carbocycles. The predicted molar refractivity (Wildman–Crippen MR) is 50.1 cm³/mol. The minimum Gasteiger partial charge on any atom is -0.339 e. The van der Waals surface area contributed by atoms with E-state index in [1.165, 1.54) is 5.92 Å². The Morgan fingerprint density at radius 1 is 1.17 bits per heavy atom. The fourth-order valence-corrected chi connectivity index (χ4v) is 0. The van der Waals surface area contributed by atoms with Crippen molar-refractivity contribution < 1.29 is 25.9 Å². The van der Waals surface area contributed by atoms with E-state index in [1.54, 1.807) is 0 Å². The first kappa shape index (κ1) is 18.1. The van der Waals surface area contributed by atoms with Crippen molar-refractivity contribution >= 4 is 5.78 Å². The summed E-state index contributed by atoms with van der Waals surface area (Å²) in [5, 5.41) is 0. The molecule has 0 radical (unpaired) electrons. The maximum atomic E-state index is 10.4. The molecule has 0 atom stereocenters. The van der Waals surface area contributed by atoms with Gasteiger partial charge in [0.25, 0.3) is 0 Å². The van der Waals surface area contributed by atoms with Gasteiger partial charge in [0.05, 0.1) is 0 Å². The topological polar surface area (TPSA) is 17.1 Å². The molecule has 0 saturated carbocycles. The van der Waals surface area contributed by atoms with E-state index in [-0.39, 0.29) is 32.3 Å². The van der Waals surface area contributed by atoms with Crippen molar-refractivity contribution in [1.29, 1.82) is 0 Å². The Hall–Kier alpha value is 0.228. The van der Waals surface area contributed by atoms with Crippen LogP contribution in [0.5, 0.6) is 0 Å². The van der Waals surface area contributed by atoms with E-state index < -0.39 is 0 Å². The molecular weight excluding hydrogens is 320 g/mol. The molecule has 0 amide bonds. The van der Waals surface area contributed by atoms with Crippen LogP contribution in [-0.4, -0.2) is 5.78 Å². The quantitative estimate of drug-likeness (QED) is 0.620. The van der Waals surface area contributed by atoms with E-state index in [9.17, 15) is 4.79 Å². The van der Waals surface area contributed by atoms with E-state index in [4.69, 9.17) is 0 Å². The van der Waals surface area contributed by atoms with E-state index >= 15 is 0 Å². The zero-order valence-electron chi connectivity index (χ0n) is 9.02.